The van der Waals surface area contributed by atoms with E-state index in [9.17, 15) is 18.4 Å². The molecule has 0 saturated heterocycles. The van der Waals surface area contributed by atoms with Crippen molar-refractivity contribution < 1.29 is 27.8 Å². The molecule has 2 unspecified atom stereocenters. The summed E-state index contributed by atoms with van der Waals surface area (Å²) in [5, 5.41) is 2.28. The summed E-state index contributed by atoms with van der Waals surface area (Å²) in [5.41, 5.74) is 0.606. The number of alkyl halides is 2. The highest BCUT2D eigenvalue weighted by Gasteiger charge is 2.34. The summed E-state index contributed by atoms with van der Waals surface area (Å²) in [6.45, 7) is 0.0314. The molecule has 0 aliphatic heterocycles. The molecule has 1 amide bonds. The first kappa shape index (κ1) is 17.9. The molecule has 24 heavy (non-hydrogen) atoms. The monoisotopic (exact) mass is 339 g/mol. The number of nitrogens with one attached hydrogen (secondary N) is 1. The largest absolute Gasteiger partial charge is 0.464 e. The SMILES string of the molecule is COC(=O)/C(=C/C1CC(F)C(F)C1)NC(=O)OCc1ccccc1. The molecule has 1 aliphatic carbocycles. The molecule has 0 radical (unpaired) electrons. The number of halogens is 2. The normalized spacial score (nSPS) is 23.6. The van der Waals surface area contributed by atoms with Gasteiger partial charge in [-0.25, -0.2) is 18.4 Å². The van der Waals surface area contributed by atoms with Gasteiger partial charge in [-0.15, -0.1) is 0 Å². The van der Waals surface area contributed by atoms with Gasteiger partial charge >= 0.3 is 12.1 Å². The lowest BCUT2D eigenvalue weighted by Crippen LogP contribution is -2.29. The Hall–Kier alpha value is -2.44. The third-order valence-corrected chi connectivity index (χ3v) is 3.71. The standard InChI is InChI=1S/C17H19F2NO4/c1-23-16(21)15(9-12-7-13(18)14(19)8-12)20-17(22)24-10-11-5-3-2-4-6-11/h2-6,9,12-14H,7-8,10H2,1H3,(H,20,22)/b15-9-. The highest BCUT2D eigenvalue weighted by molar-refractivity contribution is 5.92. The molecular formula is C17H19F2NO4. The third kappa shape index (κ3) is 5.04. The van der Waals surface area contributed by atoms with Gasteiger partial charge in [-0.3, -0.25) is 5.32 Å². The van der Waals surface area contributed by atoms with Crippen LogP contribution in [0.25, 0.3) is 0 Å². The van der Waals surface area contributed by atoms with Gasteiger partial charge in [0.15, 0.2) is 0 Å². The van der Waals surface area contributed by atoms with Crippen molar-refractivity contribution in [1.82, 2.24) is 5.32 Å². The molecule has 1 aromatic rings. The van der Waals surface area contributed by atoms with Crippen LogP contribution in [0.3, 0.4) is 0 Å². The summed E-state index contributed by atoms with van der Waals surface area (Å²) in [6, 6.07) is 9.01. The van der Waals surface area contributed by atoms with Gasteiger partial charge in [-0.05, 0) is 30.4 Å². The number of allylic oxidation sites excluding steroid dienone is 1. The van der Waals surface area contributed by atoms with E-state index >= 15 is 0 Å². The Morgan fingerprint density at radius 1 is 1.21 bits per heavy atom. The van der Waals surface area contributed by atoms with Crippen molar-refractivity contribution in [3.8, 4) is 0 Å². The summed E-state index contributed by atoms with van der Waals surface area (Å²) >= 11 is 0. The predicted octanol–water partition coefficient (Wildman–Crippen LogP) is 3.06. The molecule has 1 aliphatic rings. The molecule has 2 atom stereocenters. The highest BCUT2D eigenvalue weighted by atomic mass is 19.2. The number of methoxy groups -OCH3 is 1. The number of rotatable bonds is 5. The van der Waals surface area contributed by atoms with Gasteiger partial charge in [0.25, 0.3) is 0 Å². The van der Waals surface area contributed by atoms with Crippen molar-refractivity contribution in [2.24, 2.45) is 5.92 Å². The number of carbonyl (C=O) groups excluding carboxylic acids is 2. The summed E-state index contributed by atoms with van der Waals surface area (Å²) < 4.78 is 36.1. The fourth-order valence-corrected chi connectivity index (χ4v) is 2.48. The second-order valence-corrected chi connectivity index (χ2v) is 5.52. The van der Waals surface area contributed by atoms with Crippen molar-refractivity contribution in [1.29, 1.82) is 0 Å². The molecule has 1 N–H and O–H groups in total. The van der Waals surface area contributed by atoms with Crippen LogP contribution in [0.5, 0.6) is 0 Å². The van der Waals surface area contributed by atoms with Crippen LogP contribution in [-0.2, 0) is 20.9 Å². The number of hydrogen-bond donors (Lipinski definition) is 1. The zero-order valence-corrected chi connectivity index (χ0v) is 13.2. The smallest absolute Gasteiger partial charge is 0.412 e. The summed E-state index contributed by atoms with van der Waals surface area (Å²) in [5.74, 6) is -1.29. The second-order valence-electron chi connectivity index (χ2n) is 5.52. The van der Waals surface area contributed by atoms with Crippen LogP contribution in [0.1, 0.15) is 18.4 Å². The zero-order valence-electron chi connectivity index (χ0n) is 13.2. The molecule has 1 fully saturated rings. The topological polar surface area (TPSA) is 64.6 Å². The van der Waals surface area contributed by atoms with Crippen molar-refractivity contribution in [2.45, 2.75) is 31.8 Å². The fourth-order valence-electron chi connectivity index (χ4n) is 2.48. The molecule has 1 saturated carbocycles. The van der Waals surface area contributed by atoms with Crippen LogP contribution >= 0.6 is 0 Å². The predicted molar refractivity (Wildman–Crippen MR) is 82.4 cm³/mol. The van der Waals surface area contributed by atoms with Gasteiger partial charge in [0.2, 0.25) is 0 Å². The van der Waals surface area contributed by atoms with Gasteiger partial charge < -0.3 is 9.47 Å². The van der Waals surface area contributed by atoms with Crippen LogP contribution in [-0.4, -0.2) is 31.5 Å². The van der Waals surface area contributed by atoms with Gasteiger partial charge in [0.05, 0.1) is 7.11 Å². The first-order valence-corrected chi connectivity index (χ1v) is 7.55. The number of amides is 1. The van der Waals surface area contributed by atoms with Crippen LogP contribution in [0.4, 0.5) is 13.6 Å². The summed E-state index contributed by atoms with van der Waals surface area (Å²) in [4.78, 5) is 23.5. The molecular weight excluding hydrogens is 320 g/mol. The second kappa shape index (κ2) is 8.42. The molecule has 0 bridgehead atoms. The first-order valence-electron chi connectivity index (χ1n) is 7.55. The number of hydrogen-bond acceptors (Lipinski definition) is 4. The van der Waals surface area contributed by atoms with Crippen LogP contribution in [0.15, 0.2) is 42.1 Å². The van der Waals surface area contributed by atoms with Crippen LogP contribution < -0.4 is 5.32 Å². The van der Waals surface area contributed by atoms with Crippen molar-refractivity contribution in [3.63, 3.8) is 0 Å². The summed E-state index contributed by atoms with van der Waals surface area (Å²) in [7, 11) is 1.15. The Morgan fingerprint density at radius 2 is 1.83 bits per heavy atom. The molecule has 0 spiro atoms. The van der Waals surface area contributed by atoms with E-state index in [1.165, 1.54) is 6.08 Å². The summed E-state index contributed by atoms with van der Waals surface area (Å²) in [6.07, 6.45) is -2.72. The highest BCUT2D eigenvalue weighted by Crippen LogP contribution is 2.32. The average molecular weight is 339 g/mol. The van der Waals surface area contributed by atoms with E-state index in [4.69, 9.17) is 4.74 Å². The number of alkyl carbamates (subject to hydrolysis) is 1. The van der Waals surface area contributed by atoms with E-state index in [0.29, 0.717) is 0 Å². The van der Waals surface area contributed by atoms with Crippen LogP contribution in [0.2, 0.25) is 0 Å². The number of carbonyl (C=O) groups is 2. The molecule has 0 heterocycles. The van der Waals surface area contributed by atoms with Gasteiger partial charge in [0.1, 0.15) is 24.6 Å². The molecule has 0 aromatic heterocycles. The Labute approximate surface area is 138 Å². The lowest BCUT2D eigenvalue weighted by atomic mass is 10.1. The number of ether oxygens (including phenoxy) is 2. The molecule has 5 nitrogen and oxygen atoms in total. The molecule has 7 heteroatoms. The minimum Gasteiger partial charge on any atom is -0.464 e. The Kier molecular flexibility index (Phi) is 6.28. The zero-order chi connectivity index (χ0) is 17.5. The van der Waals surface area contributed by atoms with Crippen molar-refractivity contribution in [3.05, 3.63) is 47.7 Å². The van der Waals surface area contributed by atoms with Gasteiger partial charge in [0, 0.05) is 0 Å². The Balaban J connectivity index is 1.95. The Bertz CT molecular complexity index is 596. The van der Waals surface area contributed by atoms with Gasteiger partial charge in [-0.1, -0.05) is 30.3 Å². The molecule has 2 rings (SSSR count). The van der Waals surface area contributed by atoms with E-state index in [1.807, 2.05) is 6.07 Å². The average Bonchev–Trinajstić information content (AvgIpc) is 2.90. The number of esters is 1. The molecule has 1 aromatic carbocycles. The maximum atomic E-state index is 13.2. The lowest BCUT2D eigenvalue weighted by molar-refractivity contribution is -0.136. The van der Waals surface area contributed by atoms with Crippen LogP contribution in [0, 0.1) is 5.92 Å². The maximum absolute atomic E-state index is 13.2. The lowest BCUT2D eigenvalue weighted by Gasteiger charge is -2.11. The van der Waals surface area contributed by atoms with E-state index in [1.54, 1.807) is 24.3 Å². The number of benzene rings is 1. The minimum atomic E-state index is -1.56. The van der Waals surface area contributed by atoms with E-state index < -0.39 is 30.3 Å². The Morgan fingerprint density at radius 3 is 2.42 bits per heavy atom. The van der Waals surface area contributed by atoms with E-state index in [0.717, 1.165) is 12.7 Å². The van der Waals surface area contributed by atoms with Crippen molar-refractivity contribution in [2.75, 3.05) is 7.11 Å². The van der Waals surface area contributed by atoms with E-state index in [-0.39, 0.29) is 25.1 Å². The van der Waals surface area contributed by atoms with Gasteiger partial charge in [-0.2, -0.15) is 0 Å². The third-order valence-electron chi connectivity index (χ3n) is 3.71. The fraction of sp³-hybridized carbons (Fsp3) is 0.412. The quantitative estimate of drug-likeness (QED) is 0.661. The first-order chi connectivity index (χ1) is 11.5. The molecule has 130 valence electrons. The maximum Gasteiger partial charge on any atom is 0.412 e. The minimum absolute atomic E-state index is 0.0314. The van der Waals surface area contributed by atoms with E-state index in [2.05, 4.69) is 10.1 Å². The van der Waals surface area contributed by atoms with Crippen molar-refractivity contribution >= 4 is 12.1 Å².